The van der Waals surface area contributed by atoms with Crippen molar-refractivity contribution in [1.29, 1.82) is 0 Å². The fourth-order valence-corrected chi connectivity index (χ4v) is 4.38. The molecule has 1 rings (SSSR count). The molecular formula is C15H24O3Sn. The summed E-state index contributed by atoms with van der Waals surface area (Å²) in [4.78, 5) is 16.4. The molecule has 0 spiro atoms. The fraction of sp³-hybridized carbons (Fsp3) is 0.533. The van der Waals surface area contributed by atoms with Crippen LogP contribution in [0.5, 0.6) is 0 Å². The average Bonchev–Trinajstić information content (AvgIpc) is 2.42. The van der Waals surface area contributed by atoms with Crippen LogP contribution in [0, 0.1) is 0 Å². The normalized spacial score (nSPS) is 10.7. The van der Waals surface area contributed by atoms with Crippen molar-refractivity contribution in [3.8, 4) is 0 Å². The van der Waals surface area contributed by atoms with Gasteiger partial charge < -0.3 is 0 Å². The van der Waals surface area contributed by atoms with Gasteiger partial charge in [0.1, 0.15) is 0 Å². The van der Waals surface area contributed by atoms with Gasteiger partial charge in [-0.25, -0.2) is 0 Å². The fourth-order valence-electron chi connectivity index (χ4n) is 1.63. The molecule has 3 nitrogen and oxygen atoms in total. The van der Waals surface area contributed by atoms with Crippen molar-refractivity contribution in [2.24, 2.45) is 0 Å². The summed E-state index contributed by atoms with van der Waals surface area (Å²) in [6.45, 7) is 3.67. The molecule has 0 aromatic heterocycles. The summed E-state index contributed by atoms with van der Waals surface area (Å²) in [5, 5.41) is 0. The number of ether oxygens (including phenoxy) is 2. The molecule has 0 bridgehead atoms. The molecule has 0 fully saturated rings. The molecule has 1 aromatic carbocycles. The molecule has 106 valence electrons. The first-order valence-corrected chi connectivity index (χ1v) is 15.2. The predicted molar refractivity (Wildman–Crippen MR) is 81.0 cm³/mol. The quantitative estimate of drug-likeness (QED) is 0.400. The van der Waals surface area contributed by atoms with Gasteiger partial charge >= 0.3 is 116 Å². The van der Waals surface area contributed by atoms with Crippen molar-refractivity contribution in [1.82, 2.24) is 0 Å². The molecule has 0 unspecified atom stereocenters. The maximum atomic E-state index is 11.8. The Balaban J connectivity index is 2.29. The number of carbonyl (C=O) groups is 1. The van der Waals surface area contributed by atoms with E-state index in [1.54, 1.807) is 0 Å². The Kier molecular flexibility index (Phi) is 8.14. The minimum atomic E-state index is -1.44. The van der Waals surface area contributed by atoms with Crippen LogP contribution in [0.4, 0.5) is 0 Å². The second-order valence-corrected chi connectivity index (χ2v) is 13.4. The van der Waals surface area contributed by atoms with E-state index in [1.807, 2.05) is 12.1 Å². The Bertz CT molecular complexity index is 373. The summed E-state index contributed by atoms with van der Waals surface area (Å²) in [6, 6.07) is 7.86. The third-order valence-corrected chi connectivity index (χ3v) is 7.82. The van der Waals surface area contributed by atoms with Crippen LogP contribution in [-0.2, 0) is 9.47 Å². The van der Waals surface area contributed by atoms with Gasteiger partial charge in [0.05, 0.1) is 0 Å². The first-order chi connectivity index (χ1) is 9.15. The van der Waals surface area contributed by atoms with E-state index >= 15 is 0 Å². The third kappa shape index (κ3) is 6.43. The zero-order valence-corrected chi connectivity index (χ0v) is 15.4. The molecule has 0 aliphatic carbocycles. The van der Waals surface area contributed by atoms with Crippen LogP contribution in [0.15, 0.2) is 24.3 Å². The first-order valence-electron chi connectivity index (χ1n) is 7.00. The SMILES string of the molecule is CCCCOCCOC(=O)c1cc[c]([SnH]([CH3])[CH3])cc1. The number of hydrogen-bond donors (Lipinski definition) is 0. The molecule has 0 heterocycles. The molecule has 1 aromatic rings. The van der Waals surface area contributed by atoms with E-state index in [-0.39, 0.29) is 5.97 Å². The maximum absolute atomic E-state index is 11.8. The third-order valence-electron chi connectivity index (χ3n) is 2.92. The Labute approximate surface area is 123 Å². The molecule has 0 radical (unpaired) electrons. The van der Waals surface area contributed by atoms with Gasteiger partial charge in [-0.05, 0) is 0 Å². The van der Waals surface area contributed by atoms with Gasteiger partial charge in [-0.15, -0.1) is 0 Å². The van der Waals surface area contributed by atoms with Crippen molar-refractivity contribution in [3.05, 3.63) is 29.8 Å². The Morgan fingerprint density at radius 3 is 2.37 bits per heavy atom. The predicted octanol–water partition coefficient (Wildman–Crippen LogP) is 2.35. The molecule has 0 saturated heterocycles. The molecular weight excluding hydrogens is 347 g/mol. The van der Waals surface area contributed by atoms with Crippen molar-refractivity contribution >= 4 is 29.3 Å². The van der Waals surface area contributed by atoms with Crippen LogP contribution in [-0.4, -0.2) is 45.5 Å². The minimum absolute atomic E-state index is 0.260. The topological polar surface area (TPSA) is 35.5 Å². The monoisotopic (exact) mass is 372 g/mol. The number of carbonyl (C=O) groups excluding carboxylic acids is 1. The second-order valence-electron chi connectivity index (χ2n) is 4.88. The number of esters is 1. The molecule has 19 heavy (non-hydrogen) atoms. The van der Waals surface area contributed by atoms with Gasteiger partial charge in [0.2, 0.25) is 0 Å². The van der Waals surface area contributed by atoms with Gasteiger partial charge in [0, 0.05) is 0 Å². The molecule has 0 atom stereocenters. The van der Waals surface area contributed by atoms with Gasteiger partial charge in [-0.1, -0.05) is 6.92 Å². The summed E-state index contributed by atoms with van der Waals surface area (Å²) in [5.41, 5.74) is 0.629. The van der Waals surface area contributed by atoms with Crippen LogP contribution in [0.3, 0.4) is 0 Å². The Morgan fingerprint density at radius 2 is 1.79 bits per heavy atom. The van der Waals surface area contributed by atoms with Crippen molar-refractivity contribution in [2.75, 3.05) is 19.8 Å². The van der Waals surface area contributed by atoms with Crippen molar-refractivity contribution in [2.45, 2.75) is 29.6 Å². The molecule has 0 aliphatic heterocycles. The molecule has 0 amide bonds. The van der Waals surface area contributed by atoms with E-state index in [1.165, 1.54) is 3.58 Å². The summed E-state index contributed by atoms with van der Waals surface area (Å²) in [7, 11) is 0. The average molecular weight is 371 g/mol. The summed E-state index contributed by atoms with van der Waals surface area (Å²) >= 11 is -1.44. The van der Waals surface area contributed by atoms with Crippen molar-refractivity contribution in [3.63, 3.8) is 0 Å². The second kappa shape index (κ2) is 9.37. The molecule has 0 N–H and O–H groups in total. The van der Waals surface area contributed by atoms with Gasteiger partial charge in [0.25, 0.3) is 0 Å². The van der Waals surface area contributed by atoms with E-state index in [0.29, 0.717) is 18.8 Å². The summed E-state index contributed by atoms with van der Waals surface area (Å²) in [5.74, 6) is -0.260. The van der Waals surface area contributed by atoms with Crippen molar-refractivity contribution < 1.29 is 14.3 Å². The summed E-state index contributed by atoms with van der Waals surface area (Å²) in [6.07, 6.45) is 2.17. The molecule has 0 aliphatic rings. The zero-order valence-electron chi connectivity index (χ0n) is 12.1. The summed E-state index contributed by atoms with van der Waals surface area (Å²) < 4.78 is 11.9. The van der Waals surface area contributed by atoms with E-state index in [4.69, 9.17) is 9.47 Å². The van der Waals surface area contributed by atoms with Gasteiger partial charge in [-0.2, -0.15) is 0 Å². The van der Waals surface area contributed by atoms with Gasteiger partial charge in [-0.3, -0.25) is 0 Å². The van der Waals surface area contributed by atoms with Crippen LogP contribution < -0.4 is 3.58 Å². The zero-order chi connectivity index (χ0) is 14.1. The molecule has 4 heteroatoms. The van der Waals surface area contributed by atoms with E-state index in [2.05, 4.69) is 28.9 Å². The Morgan fingerprint density at radius 1 is 1.11 bits per heavy atom. The van der Waals surface area contributed by atoms with Gasteiger partial charge in [0.15, 0.2) is 0 Å². The number of rotatable bonds is 8. The number of hydrogen-bond acceptors (Lipinski definition) is 3. The van der Waals surface area contributed by atoms with Crippen LogP contribution in [0.2, 0.25) is 9.88 Å². The van der Waals surface area contributed by atoms with Crippen LogP contribution in [0.1, 0.15) is 30.1 Å². The Hall–Kier alpha value is -0.551. The van der Waals surface area contributed by atoms with E-state index in [0.717, 1.165) is 19.4 Å². The number of unbranched alkanes of at least 4 members (excludes halogenated alkanes) is 1. The molecule has 0 saturated carbocycles. The van der Waals surface area contributed by atoms with E-state index < -0.39 is 19.8 Å². The van der Waals surface area contributed by atoms with Crippen LogP contribution >= 0.6 is 0 Å². The van der Waals surface area contributed by atoms with Crippen LogP contribution in [0.25, 0.3) is 0 Å². The first kappa shape index (κ1) is 16.5. The van der Waals surface area contributed by atoms with E-state index in [9.17, 15) is 4.79 Å². The standard InChI is InChI=1S/C13H17O3.2CH3.Sn.H/c1-2-3-9-15-10-11-16-13(14)12-7-5-4-6-8-12;;;;/h5-8H,2-3,9-11H2,1H3;2*1H3;;. The number of benzene rings is 1.